The lowest BCUT2D eigenvalue weighted by Crippen LogP contribution is -2.23. The number of halogens is 2. The fraction of sp³-hybridized carbons (Fsp3) is 0.286. The standard InChI is InChI=1S/2C21H22FN5O4/c2*1-10(9-28)31-21(29)27-16-6-12-5-13(17(22)18(23)15(12)8-25-16)14-7-26-20-19(11(14)2)24-3-4-30-20/h2*5-8,10,24,28H,3-4,9,23H2,1-2H3,(H,25,27,29)/t2*10-/m10/s1. The third kappa shape index (κ3) is 8.77. The first-order valence-corrected chi connectivity index (χ1v) is 19.4. The van der Waals surface area contributed by atoms with Crippen LogP contribution >= 0.6 is 0 Å². The van der Waals surface area contributed by atoms with Gasteiger partial charge in [-0.05, 0) is 73.9 Å². The predicted octanol–water partition coefficient (Wildman–Crippen LogP) is 6.12. The van der Waals surface area contributed by atoms with Crippen molar-refractivity contribution in [2.75, 3.05) is 72.3 Å². The lowest BCUT2D eigenvalue weighted by molar-refractivity contribution is 0.0772. The highest BCUT2D eigenvalue weighted by atomic mass is 19.1. The molecule has 0 unspecified atom stereocenters. The Hall–Kier alpha value is -7.32. The van der Waals surface area contributed by atoms with E-state index >= 15 is 8.78 Å². The number of hydrogen-bond acceptors (Lipinski definition) is 16. The Morgan fingerprint density at radius 1 is 0.694 bits per heavy atom. The third-order valence-corrected chi connectivity index (χ3v) is 10.1. The van der Waals surface area contributed by atoms with Crippen LogP contribution in [0.15, 0.2) is 49.1 Å². The number of aromatic nitrogens is 4. The quantitative estimate of drug-likeness (QED) is 0.0802. The fourth-order valence-corrected chi connectivity index (χ4v) is 6.82. The molecule has 0 bridgehead atoms. The Morgan fingerprint density at radius 2 is 1.10 bits per heavy atom. The van der Waals surface area contributed by atoms with Gasteiger partial charge in [0, 0.05) is 70.9 Å². The number of nitrogens with one attached hydrogen (secondary N) is 4. The van der Waals surface area contributed by atoms with Gasteiger partial charge in [0.2, 0.25) is 11.8 Å². The molecule has 2 atom stereocenters. The van der Waals surface area contributed by atoms with Gasteiger partial charge in [0.1, 0.15) is 48.4 Å². The van der Waals surface area contributed by atoms with E-state index in [0.717, 1.165) is 22.5 Å². The lowest BCUT2D eigenvalue weighted by Gasteiger charge is -2.22. The summed E-state index contributed by atoms with van der Waals surface area (Å²) in [5.41, 5.74) is 16.7. The maximum Gasteiger partial charge on any atom is 0.413 e. The number of aliphatic hydroxyl groups is 2. The van der Waals surface area contributed by atoms with Crippen LogP contribution in [0, 0.1) is 25.5 Å². The molecular weight excluding hydrogens is 811 g/mol. The average molecular weight is 855 g/mol. The van der Waals surface area contributed by atoms with Crippen LogP contribution in [-0.4, -0.2) is 94.1 Å². The highest BCUT2D eigenvalue weighted by molar-refractivity contribution is 6.01. The number of fused-ring (bicyclic) bond motifs is 4. The van der Waals surface area contributed by atoms with Gasteiger partial charge in [-0.15, -0.1) is 0 Å². The molecule has 2 aliphatic heterocycles. The molecule has 2 aliphatic rings. The van der Waals surface area contributed by atoms with E-state index in [9.17, 15) is 9.59 Å². The van der Waals surface area contributed by atoms with Crippen LogP contribution in [0.4, 0.5) is 52.8 Å². The normalized spacial score (nSPS) is 13.7. The summed E-state index contributed by atoms with van der Waals surface area (Å²) in [5.74, 6) is 0.214. The second-order valence-corrected chi connectivity index (χ2v) is 14.4. The molecule has 62 heavy (non-hydrogen) atoms. The summed E-state index contributed by atoms with van der Waals surface area (Å²) in [7, 11) is 0. The number of aliphatic hydroxyl groups excluding tert-OH is 2. The van der Waals surface area contributed by atoms with Crippen LogP contribution in [-0.2, 0) is 9.47 Å². The Morgan fingerprint density at radius 3 is 1.48 bits per heavy atom. The summed E-state index contributed by atoms with van der Waals surface area (Å²) >= 11 is 0. The van der Waals surface area contributed by atoms with Crippen LogP contribution in [0.1, 0.15) is 25.0 Å². The van der Waals surface area contributed by atoms with Crippen molar-refractivity contribution in [3.05, 3.63) is 71.8 Å². The number of pyridine rings is 4. The van der Waals surface area contributed by atoms with Crippen molar-refractivity contribution >= 4 is 68.1 Å². The molecule has 2 amide bonds. The van der Waals surface area contributed by atoms with E-state index in [-0.39, 0.29) is 47.4 Å². The highest BCUT2D eigenvalue weighted by Gasteiger charge is 2.23. The summed E-state index contributed by atoms with van der Waals surface area (Å²) in [5, 5.41) is 31.4. The van der Waals surface area contributed by atoms with Crippen LogP contribution in [0.2, 0.25) is 0 Å². The minimum absolute atomic E-state index is 0.0515. The molecule has 0 fully saturated rings. The number of amides is 2. The van der Waals surface area contributed by atoms with Crippen LogP contribution in [0.3, 0.4) is 0 Å². The first-order chi connectivity index (χ1) is 29.8. The highest BCUT2D eigenvalue weighted by Crippen LogP contribution is 2.41. The molecule has 0 saturated heterocycles. The molecule has 6 heterocycles. The molecule has 0 spiro atoms. The number of rotatable bonds is 8. The van der Waals surface area contributed by atoms with Gasteiger partial charge in [-0.25, -0.2) is 38.3 Å². The van der Waals surface area contributed by atoms with E-state index in [2.05, 4.69) is 41.2 Å². The van der Waals surface area contributed by atoms with Crippen molar-refractivity contribution in [2.45, 2.75) is 39.9 Å². The molecule has 6 aromatic rings. The number of anilines is 6. The Balaban J connectivity index is 0.000000186. The van der Waals surface area contributed by atoms with Crippen molar-refractivity contribution < 1.29 is 47.5 Å². The molecular formula is C42H44F2N10O8. The van der Waals surface area contributed by atoms with Crippen molar-refractivity contribution in [2.24, 2.45) is 0 Å². The first kappa shape index (κ1) is 42.8. The first-order valence-electron chi connectivity index (χ1n) is 19.4. The van der Waals surface area contributed by atoms with Crippen molar-refractivity contribution in [1.29, 1.82) is 0 Å². The molecule has 20 heteroatoms. The van der Waals surface area contributed by atoms with Crippen molar-refractivity contribution in [3.63, 3.8) is 0 Å². The zero-order chi connectivity index (χ0) is 44.2. The fourth-order valence-electron chi connectivity index (χ4n) is 6.82. The Kier molecular flexibility index (Phi) is 12.5. The van der Waals surface area contributed by atoms with Crippen LogP contribution in [0.25, 0.3) is 43.8 Å². The summed E-state index contributed by atoms with van der Waals surface area (Å²) in [6.07, 6.45) is 3.04. The Bertz CT molecular complexity index is 2520. The van der Waals surface area contributed by atoms with Gasteiger partial charge in [0.25, 0.3) is 0 Å². The van der Waals surface area contributed by atoms with Gasteiger partial charge < -0.3 is 51.3 Å². The van der Waals surface area contributed by atoms with E-state index in [1.807, 2.05) is 13.8 Å². The smallest absolute Gasteiger partial charge is 0.413 e. The number of nitrogens with two attached hydrogens (primary N) is 2. The summed E-state index contributed by atoms with van der Waals surface area (Å²) in [4.78, 5) is 40.6. The maximum absolute atomic E-state index is 15.2. The largest absolute Gasteiger partial charge is 0.474 e. The second kappa shape index (κ2) is 18.1. The van der Waals surface area contributed by atoms with Crippen LogP contribution < -0.4 is 42.2 Å². The number of nitrogens with zero attached hydrogens (tertiary/aromatic N) is 4. The van der Waals surface area contributed by atoms with Gasteiger partial charge in [-0.1, -0.05) is 0 Å². The zero-order valence-corrected chi connectivity index (χ0v) is 34.1. The number of nitrogen functional groups attached to an aromatic ring is 2. The molecule has 2 aromatic carbocycles. The SMILES string of the molecule is Cc1c(-c2cc3cc(NC(=O)O[C@@H](C)CO)ncc3c(N)c2F)cnc2c1NCCO2.Cc1c(-c2cc3cc(NC(=O)O[C@H](C)CO)ncc3c(N)c2F)cnc2c1NCCO2. The third-order valence-electron chi connectivity index (χ3n) is 10.1. The van der Waals surface area contributed by atoms with E-state index in [4.69, 9.17) is 40.6 Å². The number of carbonyl (C=O) groups is 2. The molecule has 0 radical (unpaired) electrons. The van der Waals surface area contributed by atoms with Crippen molar-refractivity contribution in [1.82, 2.24) is 19.9 Å². The van der Waals surface area contributed by atoms with Gasteiger partial charge in [0.05, 0.1) is 24.6 Å². The molecule has 8 rings (SSSR count). The van der Waals surface area contributed by atoms with E-state index in [1.54, 1.807) is 50.5 Å². The van der Waals surface area contributed by atoms with Gasteiger partial charge in [-0.3, -0.25) is 10.6 Å². The van der Waals surface area contributed by atoms with E-state index in [1.165, 1.54) is 12.4 Å². The van der Waals surface area contributed by atoms with E-state index < -0.39 is 36.0 Å². The molecule has 0 aliphatic carbocycles. The molecule has 18 nitrogen and oxygen atoms in total. The van der Waals surface area contributed by atoms with Gasteiger partial charge in [-0.2, -0.15) is 0 Å². The minimum atomic E-state index is -0.760. The molecule has 324 valence electrons. The number of benzene rings is 2. The monoisotopic (exact) mass is 854 g/mol. The molecule has 10 N–H and O–H groups in total. The van der Waals surface area contributed by atoms with Gasteiger partial charge in [0.15, 0.2) is 11.6 Å². The van der Waals surface area contributed by atoms with Gasteiger partial charge >= 0.3 is 12.2 Å². The van der Waals surface area contributed by atoms with E-state index in [0.29, 0.717) is 70.7 Å². The summed E-state index contributed by atoms with van der Waals surface area (Å²) < 4.78 is 51.4. The average Bonchev–Trinajstić information content (AvgIpc) is 3.27. The maximum atomic E-state index is 15.2. The van der Waals surface area contributed by atoms with Crippen molar-refractivity contribution in [3.8, 4) is 34.0 Å². The minimum Gasteiger partial charge on any atom is -0.474 e. The lowest BCUT2D eigenvalue weighted by atomic mass is 9.97. The number of hydrogen-bond donors (Lipinski definition) is 8. The number of carbonyl (C=O) groups excluding carboxylic acids is 2. The Labute approximate surface area is 353 Å². The number of ether oxygens (including phenoxy) is 4. The molecule has 4 aromatic heterocycles. The van der Waals surface area contributed by atoms with Crippen LogP contribution in [0.5, 0.6) is 11.8 Å². The zero-order valence-electron chi connectivity index (χ0n) is 34.1. The summed E-state index contributed by atoms with van der Waals surface area (Å²) in [6, 6.07) is 6.41. The summed E-state index contributed by atoms with van der Waals surface area (Å²) in [6.45, 7) is 8.51. The second-order valence-electron chi connectivity index (χ2n) is 14.4. The topological polar surface area (TPSA) is 263 Å². The molecule has 0 saturated carbocycles. The predicted molar refractivity (Wildman–Crippen MR) is 229 cm³/mol.